The first-order valence-electron chi connectivity index (χ1n) is 6.01. The first-order valence-corrected chi connectivity index (χ1v) is 6.76. The first-order chi connectivity index (χ1) is 8.87. The first kappa shape index (κ1) is 14.4. The zero-order valence-corrected chi connectivity index (χ0v) is 12.6. The molecule has 5 heteroatoms. The minimum atomic E-state index is 0.0205. The van der Waals surface area contributed by atoms with E-state index >= 15 is 0 Å². The molecule has 2 aromatic rings. The number of benzene rings is 1. The molecule has 0 radical (unpaired) electrons. The van der Waals surface area contributed by atoms with Gasteiger partial charge < -0.3 is 9.84 Å². The Bertz CT molecular complexity index is 573. The van der Waals surface area contributed by atoms with Crippen molar-refractivity contribution in [3.05, 3.63) is 40.0 Å². The van der Waals surface area contributed by atoms with Gasteiger partial charge in [0.25, 0.3) is 0 Å². The highest BCUT2D eigenvalue weighted by Crippen LogP contribution is 2.32. The molecule has 0 aliphatic heterocycles. The zero-order chi connectivity index (χ0) is 14.0. The standard InChI is InChI=1S/C14H16Cl2N2O/c1-14(2,3)17-7-9-8-18-19-13(9)11-6-10(15)4-5-12(11)16/h4-6,8,17H,7H2,1-3H3. The van der Waals surface area contributed by atoms with Gasteiger partial charge in [-0.1, -0.05) is 28.4 Å². The second-order valence-corrected chi connectivity index (χ2v) is 6.25. The quantitative estimate of drug-likeness (QED) is 0.904. The number of aromatic nitrogens is 1. The number of hydrogen-bond acceptors (Lipinski definition) is 3. The lowest BCUT2D eigenvalue weighted by molar-refractivity contribution is 0.418. The summed E-state index contributed by atoms with van der Waals surface area (Å²) in [4.78, 5) is 0. The van der Waals surface area contributed by atoms with Crippen LogP contribution >= 0.6 is 23.2 Å². The maximum atomic E-state index is 6.18. The molecule has 0 aliphatic carbocycles. The average molecular weight is 299 g/mol. The molecular weight excluding hydrogens is 283 g/mol. The van der Waals surface area contributed by atoms with E-state index in [9.17, 15) is 0 Å². The summed E-state index contributed by atoms with van der Waals surface area (Å²) in [6.07, 6.45) is 1.70. The third kappa shape index (κ3) is 3.72. The van der Waals surface area contributed by atoms with Gasteiger partial charge in [0.1, 0.15) is 0 Å². The van der Waals surface area contributed by atoms with Crippen LogP contribution in [0.4, 0.5) is 0 Å². The number of nitrogens with one attached hydrogen (secondary N) is 1. The molecule has 0 spiro atoms. The molecule has 0 saturated carbocycles. The van der Waals surface area contributed by atoms with Crippen LogP contribution in [0.3, 0.4) is 0 Å². The summed E-state index contributed by atoms with van der Waals surface area (Å²) in [7, 11) is 0. The Morgan fingerprint density at radius 1 is 1.26 bits per heavy atom. The van der Waals surface area contributed by atoms with E-state index in [1.54, 1.807) is 24.4 Å². The summed E-state index contributed by atoms with van der Waals surface area (Å²) >= 11 is 12.2. The molecule has 3 nitrogen and oxygen atoms in total. The highest BCUT2D eigenvalue weighted by molar-refractivity contribution is 6.35. The van der Waals surface area contributed by atoms with Crippen molar-refractivity contribution in [2.45, 2.75) is 32.9 Å². The van der Waals surface area contributed by atoms with Gasteiger partial charge in [-0.25, -0.2) is 0 Å². The van der Waals surface area contributed by atoms with Crippen molar-refractivity contribution in [3.8, 4) is 11.3 Å². The van der Waals surface area contributed by atoms with Gasteiger partial charge in [-0.15, -0.1) is 0 Å². The Morgan fingerprint density at radius 3 is 2.68 bits per heavy atom. The van der Waals surface area contributed by atoms with E-state index in [1.807, 2.05) is 0 Å². The molecule has 0 atom stereocenters. The summed E-state index contributed by atoms with van der Waals surface area (Å²) in [6, 6.07) is 5.28. The monoisotopic (exact) mass is 298 g/mol. The minimum Gasteiger partial charge on any atom is -0.356 e. The molecule has 0 unspecified atom stereocenters. The van der Waals surface area contributed by atoms with E-state index in [0.29, 0.717) is 22.4 Å². The third-order valence-electron chi connectivity index (χ3n) is 2.63. The Labute approximate surface area is 122 Å². The van der Waals surface area contributed by atoms with Crippen LogP contribution in [0.15, 0.2) is 28.9 Å². The number of hydrogen-bond donors (Lipinski definition) is 1. The lowest BCUT2D eigenvalue weighted by Gasteiger charge is -2.20. The van der Waals surface area contributed by atoms with Gasteiger partial charge in [0.2, 0.25) is 0 Å². The molecule has 0 bridgehead atoms. The maximum Gasteiger partial charge on any atom is 0.172 e. The van der Waals surface area contributed by atoms with Gasteiger partial charge >= 0.3 is 0 Å². The van der Waals surface area contributed by atoms with Crippen molar-refractivity contribution in [1.29, 1.82) is 0 Å². The van der Waals surface area contributed by atoms with Crippen LogP contribution in [0, 0.1) is 0 Å². The molecule has 0 amide bonds. The highest BCUT2D eigenvalue weighted by Gasteiger charge is 2.16. The third-order valence-corrected chi connectivity index (χ3v) is 3.19. The fourth-order valence-corrected chi connectivity index (χ4v) is 2.02. The van der Waals surface area contributed by atoms with E-state index in [-0.39, 0.29) is 5.54 Å². The topological polar surface area (TPSA) is 38.1 Å². The fraction of sp³-hybridized carbons (Fsp3) is 0.357. The van der Waals surface area contributed by atoms with Crippen LogP contribution in [0.1, 0.15) is 26.3 Å². The van der Waals surface area contributed by atoms with Gasteiger partial charge in [-0.2, -0.15) is 0 Å². The number of rotatable bonds is 3. The molecule has 0 aliphatic rings. The van der Waals surface area contributed by atoms with E-state index in [1.165, 1.54) is 0 Å². The van der Waals surface area contributed by atoms with Crippen LogP contribution in [0.5, 0.6) is 0 Å². The van der Waals surface area contributed by atoms with Crippen LogP contribution in [0.2, 0.25) is 10.0 Å². The lowest BCUT2D eigenvalue weighted by atomic mass is 10.1. The minimum absolute atomic E-state index is 0.0205. The highest BCUT2D eigenvalue weighted by atomic mass is 35.5. The Kier molecular flexibility index (Phi) is 4.19. The molecule has 0 saturated heterocycles. The second-order valence-electron chi connectivity index (χ2n) is 5.41. The fourth-order valence-electron chi connectivity index (χ4n) is 1.64. The van der Waals surface area contributed by atoms with E-state index in [0.717, 1.165) is 11.1 Å². The van der Waals surface area contributed by atoms with Crippen molar-refractivity contribution in [3.63, 3.8) is 0 Å². The van der Waals surface area contributed by atoms with Crippen molar-refractivity contribution < 1.29 is 4.52 Å². The van der Waals surface area contributed by atoms with Crippen molar-refractivity contribution in [2.24, 2.45) is 0 Å². The zero-order valence-electron chi connectivity index (χ0n) is 11.1. The molecule has 19 heavy (non-hydrogen) atoms. The van der Waals surface area contributed by atoms with Gasteiger partial charge in [0.05, 0.1) is 11.2 Å². The molecule has 2 rings (SSSR count). The summed E-state index contributed by atoms with van der Waals surface area (Å²) in [5.74, 6) is 0.657. The molecule has 1 heterocycles. The van der Waals surface area contributed by atoms with Crippen LogP contribution in [-0.2, 0) is 6.54 Å². The van der Waals surface area contributed by atoms with E-state index < -0.39 is 0 Å². The van der Waals surface area contributed by atoms with E-state index in [2.05, 4.69) is 31.2 Å². The SMILES string of the molecule is CC(C)(C)NCc1cnoc1-c1cc(Cl)ccc1Cl. The van der Waals surface area contributed by atoms with Crippen LogP contribution < -0.4 is 5.32 Å². The average Bonchev–Trinajstić information content (AvgIpc) is 2.77. The second kappa shape index (κ2) is 5.53. The molecule has 0 fully saturated rings. The van der Waals surface area contributed by atoms with Crippen LogP contribution in [0.25, 0.3) is 11.3 Å². The van der Waals surface area contributed by atoms with E-state index in [4.69, 9.17) is 27.7 Å². The smallest absolute Gasteiger partial charge is 0.172 e. The summed E-state index contributed by atoms with van der Waals surface area (Å²) in [5, 5.41) is 8.46. The summed E-state index contributed by atoms with van der Waals surface area (Å²) in [5.41, 5.74) is 1.74. The number of halogens is 2. The van der Waals surface area contributed by atoms with Gasteiger partial charge in [0, 0.05) is 28.2 Å². The van der Waals surface area contributed by atoms with Crippen LogP contribution in [-0.4, -0.2) is 10.7 Å². The molecule has 1 aromatic carbocycles. The van der Waals surface area contributed by atoms with Crippen molar-refractivity contribution in [1.82, 2.24) is 10.5 Å². The largest absolute Gasteiger partial charge is 0.356 e. The number of nitrogens with zero attached hydrogens (tertiary/aromatic N) is 1. The van der Waals surface area contributed by atoms with Gasteiger partial charge in [-0.3, -0.25) is 0 Å². The molecule has 1 aromatic heterocycles. The van der Waals surface area contributed by atoms with Crippen molar-refractivity contribution >= 4 is 23.2 Å². The normalized spacial score (nSPS) is 11.8. The summed E-state index contributed by atoms with van der Waals surface area (Å²) < 4.78 is 5.32. The molecular formula is C14H16Cl2N2O. The predicted molar refractivity (Wildman–Crippen MR) is 78.6 cm³/mol. The molecule has 1 N–H and O–H groups in total. The van der Waals surface area contributed by atoms with Gasteiger partial charge in [-0.05, 0) is 39.0 Å². The maximum absolute atomic E-state index is 6.18. The van der Waals surface area contributed by atoms with Gasteiger partial charge in [0.15, 0.2) is 5.76 Å². The van der Waals surface area contributed by atoms with Crippen molar-refractivity contribution in [2.75, 3.05) is 0 Å². The Hall–Kier alpha value is -1.03. The Morgan fingerprint density at radius 2 is 2.00 bits per heavy atom. The summed E-state index contributed by atoms with van der Waals surface area (Å²) in [6.45, 7) is 6.97. The predicted octanol–water partition coefficient (Wildman–Crippen LogP) is 4.54. The molecule has 102 valence electrons. The lowest BCUT2D eigenvalue weighted by Crippen LogP contribution is -2.35. The Balaban J connectivity index is 2.31.